The lowest BCUT2D eigenvalue weighted by molar-refractivity contribution is -0.131. The number of hydrogen-bond acceptors (Lipinski definition) is 4. The van der Waals surface area contributed by atoms with Gasteiger partial charge in [0.15, 0.2) is 0 Å². The molecule has 0 bridgehead atoms. The van der Waals surface area contributed by atoms with Crippen molar-refractivity contribution in [1.29, 1.82) is 0 Å². The smallest absolute Gasteiger partial charge is 0.328 e. The Morgan fingerprint density at radius 1 is 1.53 bits per heavy atom. The molecular weight excluding hydrogens is 196 g/mol. The molecule has 80 valence electrons. The van der Waals surface area contributed by atoms with Crippen molar-refractivity contribution in [2.75, 3.05) is 0 Å². The number of carboxylic acid groups (broad SMARTS) is 1. The third-order valence-corrected chi connectivity index (χ3v) is 1.76. The molecule has 0 aliphatic rings. The van der Waals surface area contributed by atoms with E-state index in [2.05, 4.69) is 9.97 Å². The van der Waals surface area contributed by atoms with Crippen molar-refractivity contribution < 1.29 is 15.0 Å². The van der Waals surface area contributed by atoms with E-state index in [1.54, 1.807) is 12.4 Å². The fourth-order valence-electron chi connectivity index (χ4n) is 1.14. The van der Waals surface area contributed by atoms with Crippen LogP contribution in [0.1, 0.15) is 12.5 Å². The van der Waals surface area contributed by atoms with Crippen LogP contribution in [0.5, 0.6) is 0 Å². The molecule has 2 N–H and O–H groups in total. The van der Waals surface area contributed by atoms with E-state index < -0.39 is 11.6 Å². The Morgan fingerprint density at radius 2 is 2.13 bits per heavy atom. The van der Waals surface area contributed by atoms with Gasteiger partial charge in [-0.3, -0.25) is 0 Å². The Labute approximate surface area is 87.1 Å². The van der Waals surface area contributed by atoms with Gasteiger partial charge in [-0.15, -0.1) is 0 Å². The van der Waals surface area contributed by atoms with Crippen LogP contribution in [0.2, 0.25) is 0 Å². The second-order valence-electron chi connectivity index (χ2n) is 3.45. The molecule has 1 aromatic rings. The van der Waals surface area contributed by atoms with Crippen LogP contribution in [-0.4, -0.2) is 31.8 Å². The minimum absolute atomic E-state index is 0.275. The summed E-state index contributed by atoms with van der Waals surface area (Å²) in [6.45, 7) is 1.53. The van der Waals surface area contributed by atoms with Crippen LogP contribution in [0.25, 0.3) is 0 Å². The van der Waals surface area contributed by atoms with E-state index in [-0.39, 0.29) is 6.42 Å². The van der Waals surface area contributed by atoms with Crippen LogP contribution >= 0.6 is 0 Å². The second kappa shape index (κ2) is 4.65. The lowest BCUT2D eigenvalue weighted by Crippen LogP contribution is -2.24. The number of carboxylic acids is 1. The standard InChI is InChI=1S/C10H12N2O3/c1-10(15,3-2-9(13)14)4-8-5-11-7-12-6-8/h2-3,5-7,15H,4H2,1H3,(H,13,14)/b3-2-. The van der Waals surface area contributed by atoms with Crippen molar-refractivity contribution in [3.8, 4) is 0 Å². The normalized spacial score (nSPS) is 15.1. The van der Waals surface area contributed by atoms with Crippen molar-refractivity contribution in [2.45, 2.75) is 18.9 Å². The van der Waals surface area contributed by atoms with Gasteiger partial charge in [-0.25, -0.2) is 14.8 Å². The van der Waals surface area contributed by atoms with Crippen LogP contribution in [0.15, 0.2) is 30.9 Å². The maximum Gasteiger partial charge on any atom is 0.328 e. The van der Waals surface area contributed by atoms with Gasteiger partial charge in [0.2, 0.25) is 0 Å². The summed E-state index contributed by atoms with van der Waals surface area (Å²) in [7, 11) is 0. The maximum absolute atomic E-state index is 10.3. The number of aromatic nitrogens is 2. The van der Waals surface area contributed by atoms with Crippen molar-refractivity contribution in [1.82, 2.24) is 9.97 Å². The molecule has 5 heteroatoms. The fourth-order valence-corrected chi connectivity index (χ4v) is 1.14. The average Bonchev–Trinajstić information content (AvgIpc) is 2.16. The fraction of sp³-hybridized carbons (Fsp3) is 0.300. The first kappa shape index (κ1) is 11.3. The molecule has 0 saturated heterocycles. The van der Waals surface area contributed by atoms with Crippen molar-refractivity contribution in [3.63, 3.8) is 0 Å². The molecule has 0 aliphatic heterocycles. The SMILES string of the molecule is CC(O)(/C=C\C(=O)O)Cc1cncnc1. The Kier molecular flexibility index (Phi) is 3.51. The second-order valence-corrected chi connectivity index (χ2v) is 3.45. The minimum Gasteiger partial charge on any atom is -0.478 e. The summed E-state index contributed by atoms with van der Waals surface area (Å²) in [5, 5.41) is 18.2. The third kappa shape index (κ3) is 4.33. The summed E-state index contributed by atoms with van der Waals surface area (Å²) in [6.07, 6.45) is 6.99. The van der Waals surface area contributed by atoms with Crippen molar-refractivity contribution in [2.24, 2.45) is 0 Å². The summed E-state index contributed by atoms with van der Waals surface area (Å²) < 4.78 is 0. The Balaban J connectivity index is 2.68. The molecule has 15 heavy (non-hydrogen) atoms. The highest BCUT2D eigenvalue weighted by molar-refractivity contribution is 5.79. The number of hydrogen-bond donors (Lipinski definition) is 2. The van der Waals surface area contributed by atoms with Gasteiger partial charge in [-0.05, 0) is 18.6 Å². The van der Waals surface area contributed by atoms with Gasteiger partial charge < -0.3 is 10.2 Å². The molecule has 5 nitrogen and oxygen atoms in total. The van der Waals surface area contributed by atoms with Crippen LogP contribution in [0.4, 0.5) is 0 Å². The molecule has 0 fully saturated rings. The van der Waals surface area contributed by atoms with E-state index in [1.165, 1.54) is 19.3 Å². The molecule has 0 amide bonds. The molecular formula is C10H12N2O3. The number of aliphatic hydroxyl groups is 1. The van der Waals surface area contributed by atoms with E-state index in [1.807, 2.05) is 0 Å². The molecule has 1 aromatic heterocycles. The van der Waals surface area contributed by atoms with Crippen LogP contribution in [0, 0.1) is 0 Å². The molecule has 0 saturated carbocycles. The highest BCUT2D eigenvalue weighted by Crippen LogP contribution is 2.12. The van der Waals surface area contributed by atoms with Crippen LogP contribution in [0.3, 0.4) is 0 Å². The molecule has 0 aromatic carbocycles. The largest absolute Gasteiger partial charge is 0.478 e. The number of nitrogens with zero attached hydrogens (tertiary/aromatic N) is 2. The molecule has 1 rings (SSSR count). The summed E-state index contributed by atoms with van der Waals surface area (Å²) in [5.41, 5.74) is -0.458. The van der Waals surface area contributed by atoms with Gasteiger partial charge in [0.1, 0.15) is 6.33 Å². The summed E-state index contributed by atoms with van der Waals surface area (Å²) in [4.78, 5) is 17.9. The molecule has 1 unspecified atom stereocenters. The van der Waals surface area contributed by atoms with E-state index in [0.717, 1.165) is 11.6 Å². The zero-order valence-corrected chi connectivity index (χ0v) is 8.29. The van der Waals surface area contributed by atoms with Gasteiger partial charge in [0.25, 0.3) is 0 Å². The van der Waals surface area contributed by atoms with Gasteiger partial charge in [-0.1, -0.05) is 0 Å². The number of aliphatic carboxylic acids is 1. The van der Waals surface area contributed by atoms with Crippen molar-refractivity contribution in [3.05, 3.63) is 36.4 Å². The van der Waals surface area contributed by atoms with E-state index in [0.29, 0.717) is 0 Å². The number of carbonyl (C=O) groups is 1. The Morgan fingerprint density at radius 3 is 2.67 bits per heavy atom. The zero-order valence-electron chi connectivity index (χ0n) is 8.29. The Bertz CT molecular complexity index is 360. The van der Waals surface area contributed by atoms with Gasteiger partial charge >= 0.3 is 5.97 Å². The number of rotatable bonds is 4. The first-order valence-corrected chi connectivity index (χ1v) is 4.38. The van der Waals surface area contributed by atoms with Crippen LogP contribution in [-0.2, 0) is 11.2 Å². The molecule has 0 aliphatic carbocycles. The molecule has 0 radical (unpaired) electrons. The highest BCUT2D eigenvalue weighted by Gasteiger charge is 2.17. The van der Waals surface area contributed by atoms with Gasteiger partial charge in [0.05, 0.1) is 5.60 Å². The maximum atomic E-state index is 10.3. The monoisotopic (exact) mass is 208 g/mol. The molecule has 0 spiro atoms. The summed E-state index contributed by atoms with van der Waals surface area (Å²) in [6, 6.07) is 0. The first-order chi connectivity index (χ1) is 6.99. The van der Waals surface area contributed by atoms with E-state index in [9.17, 15) is 9.90 Å². The predicted molar refractivity (Wildman–Crippen MR) is 53.1 cm³/mol. The third-order valence-electron chi connectivity index (χ3n) is 1.76. The van der Waals surface area contributed by atoms with Crippen molar-refractivity contribution >= 4 is 5.97 Å². The first-order valence-electron chi connectivity index (χ1n) is 4.38. The van der Waals surface area contributed by atoms with Gasteiger partial charge in [0, 0.05) is 24.9 Å². The highest BCUT2D eigenvalue weighted by atomic mass is 16.4. The average molecular weight is 208 g/mol. The predicted octanol–water partition coefficient (Wildman–Crippen LogP) is 0.411. The lowest BCUT2D eigenvalue weighted by atomic mass is 9.98. The topological polar surface area (TPSA) is 83.3 Å². The molecule has 1 atom stereocenters. The zero-order chi connectivity index (χ0) is 11.3. The van der Waals surface area contributed by atoms with E-state index >= 15 is 0 Å². The lowest BCUT2D eigenvalue weighted by Gasteiger charge is -2.17. The summed E-state index contributed by atoms with van der Waals surface area (Å²) in [5.74, 6) is -1.08. The van der Waals surface area contributed by atoms with E-state index in [4.69, 9.17) is 5.11 Å². The molecule has 1 heterocycles. The van der Waals surface area contributed by atoms with Crippen LogP contribution < -0.4 is 0 Å². The minimum atomic E-state index is -1.21. The quantitative estimate of drug-likeness (QED) is 0.700. The summed E-state index contributed by atoms with van der Waals surface area (Å²) >= 11 is 0. The van der Waals surface area contributed by atoms with Gasteiger partial charge in [-0.2, -0.15) is 0 Å². The Hall–Kier alpha value is -1.75.